The van der Waals surface area contributed by atoms with Gasteiger partial charge in [-0.3, -0.25) is 0 Å². The van der Waals surface area contributed by atoms with Gasteiger partial charge in [-0.25, -0.2) is 0 Å². The normalized spacial score (nSPS) is 12.0. The van der Waals surface area contributed by atoms with Crippen molar-refractivity contribution in [2.75, 3.05) is 12.0 Å². The van der Waals surface area contributed by atoms with Crippen molar-refractivity contribution >= 4 is 11.8 Å². The monoisotopic (exact) mass is 131 g/mol. The highest BCUT2D eigenvalue weighted by Gasteiger charge is 1.84. The van der Waals surface area contributed by atoms with E-state index in [9.17, 15) is 0 Å². The molecule has 0 atom stereocenters. The van der Waals surface area contributed by atoms with Gasteiger partial charge in [0, 0.05) is 0 Å². The van der Waals surface area contributed by atoms with Crippen molar-refractivity contribution in [3.63, 3.8) is 0 Å². The van der Waals surface area contributed by atoms with E-state index in [0.717, 1.165) is 6.42 Å². The summed E-state index contributed by atoms with van der Waals surface area (Å²) >= 11 is 1.85. The van der Waals surface area contributed by atoms with Gasteiger partial charge in [0.25, 0.3) is 0 Å². The second-order valence-corrected chi connectivity index (χ2v) is 2.74. The Morgan fingerprint density at radius 3 is 2.75 bits per heavy atom. The van der Waals surface area contributed by atoms with Crippen LogP contribution in [0, 0.1) is 0 Å². The van der Waals surface area contributed by atoms with Gasteiger partial charge in [0.1, 0.15) is 0 Å². The molecule has 0 fully saturated rings. The van der Waals surface area contributed by atoms with Gasteiger partial charge in [0.2, 0.25) is 0 Å². The Morgan fingerprint density at radius 2 is 2.38 bits per heavy atom. The summed E-state index contributed by atoms with van der Waals surface area (Å²) in [6, 6.07) is 0. The fraction of sp³-hybridized carbons (Fsp3) is 0.667. The van der Waals surface area contributed by atoms with Crippen LogP contribution in [0.3, 0.4) is 0 Å². The van der Waals surface area contributed by atoms with Crippen LogP contribution in [0.5, 0.6) is 0 Å². The minimum atomic E-state index is 1.12. The quantitative estimate of drug-likeness (QED) is 0.629. The number of rotatable bonds is 3. The molecule has 0 saturated carbocycles. The molecule has 0 bridgehead atoms. The third-order valence-electron chi connectivity index (χ3n) is 0.985. The lowest BCUT2D eigenvalue weighted by molar-refractivity contribution is 1.10. The van der Waals surface area contributed by atoms with E-state index in [1.807, 2.05) is 11.8 Å². The standard InChI is InChI=1S/C6H13NS/c1-6(5-7)3-4-8-2/h5H,3-4,7H2,1-2H3/b6-5+. The van der Waals surface area contributed by atoms with E-state index < -0.39 is 0 Å². The number of allylic oxidation sites excluding steroid dienone is 1. The van der Waals surface area contributed by atoms with Crippen LogP contribution in [0.4, 0.5) is 0 Å². The van der Waals surface area contributed by atoms with Crippen molar-refractivity contribution < 1.29 is 0 Å². The molecule has 2 N–H and O–H groups in total. The molecule has 0 unspecified atom stereocenters. The molecule has 0 rings (SSSR count). The highest BCUT2D eigenvalue weighted by molar-refractivity contribution is 7.98. The van der Waals surface area contributed by atoms with Crippen molar-refractivity contribution in [1.82, 2.24) is 0 Å². The third-order valence-corrected chi connectivity index (χ3v) is 1.60. The van der Waals surface area contributed by atoms with Crippen LogP contribution in [-0.4, -0.2) is 12.0 Å². The number of nitrogens with two attached hydrogens (primary N) is 1. The van der Waals surface area contributed by atoms with Gasteiger partial charge in [0.15, 0.2) is 0 Å². The van der Waals surface area contributed by atoms with Gasteiger partial charge < -0.3 is 5.73 Å². The zero-order valence-corrected chi connectivity index (χ0v) is 6.29. The summed E-state index contributed by atoms with van der Waals surface area (Å²) in [6.45, 7) is 2.05. The Morgan fingerprint density at radius 1 is 1.75 bits per heavy atom. The molecule has 0 aromatic rings. The van der Waals surface area contributed by atoms with Gasteiger partial charge in [-0.1, -0.05) is 5.57 Å². The number of thioether (sulfide) groups is 1. The first kappa shape index (κ1) is 7.89. The highest BCUT2D eigenvalue weighted by atomic mass is 32.2. The fourth-order valence-electron chi connectivity index (χ4n) is 0.346. The van der Waals surface area contributed by atoms with E-state index in [4.69, 9.17) is 5.73 Å². The number of hydrogen-bond donors (Lipinski definition) is 1. The second kappa shape index (κ2) is 5.04. The summed E-state index contributed by atoms with van der Waals surface area (Å²) in [6.07, 6.45) is 4.90. The highest BCUT2D eigenvalue weighted by Crippen LogP contribution is 2.02. The molecular weight excluding hydrogens is 118 g/mol. The van der Waals surface area contributed by atoms with Crippen LogP contribution < -0.4 is 5.73 Å². The maximum atomic E-state index is 5.24. The van der Waals surface area contributed by atoms with E-state index in [2.05, 4.69) is 13.2 Å². The third kappa shape index (κ3) is 4.06. The second-order valence-electron chi connectivity index (χ2n) is 1.76. The SMILES string of the molecule is CSCC/C(C)=C/N. The molecule has 0 heterocycles. The molecule has 2 heteroatoms. The molecule has 0 radical (unpaired) electrons. The van der Waals surface area contributed by atoms with Gasteiger partial charge in [-0.2, -0.15) is 11.8 Å². The predicted molar refractivity (Wildman–Crippen MR) is 40.9 cm³/mol. The van der Waals surface area contributed by atoms with Crippen LogP contribution in [0.2, 0.25) is 0 Å². The predicted octanol–water partition coefficient (Wildman–Crippen LogP) is 1.60. The zero-order valence-electron chi connectivity index (χ0n) is 5.48. The number of hydrogen-bond acceptors (Lipinski definition) is 2. The van der Waals surface area contributed by atoms with Crippen molar-refractivity contribution in [3.8, 4) is 0 Å². The molecule has 0 aliphatic rings. The van der Waals surface area contributed by atoms with Gasteiger partial charge >= 0.3 is 0 Å². The Bertz CT molecular complexity index is 78.6. The smallest absolute Gasteiger partial charge is 0.00325 e. The van der Waals surface area contributed by atoms with E-state index in [1.165, 1.54) is 11.3 Å². The molecule has 1 nitrogen and oxygen atoms in total. The van der Waals surface area contributed by atoms with E-state index in [0.29, 0.717) is 0 Å². The minimum absolute atomic E-state index is 1.12. The van der Waals surface area contributed by atoms with Crippen molar-refractivity contribution in [1.29, 1.82) is 0 Å². The van der Waals surface area contributed by atoms with Crippen LogP contribution in [-0.2, 0) is 0 Å². The topological polar surface area (TPSA) is 26.0 Å². The summed E-state index contributed by atoms with van der Waals surface area (Å²) in [4.78, 5) is 0. The lowest BCUT2D eigenvalue weighted by Gasteiger charge is -1.94. The molecule has 0 aromatic heterocycles. The average Bonchev–Trinajstić information content (AvgIpc) is 1.83. The summed E-state index contributed by atoms with van der Waals surface area (Å²) in [5.41, 5.74) is 6.52. The molecule has 0 saturated heterocycles. The van der Waals surface area contributed by atoms with Crippen LogP contribution in [0.25, 0.3) is 0 Å². The fourth-order valence-corrected chi connectivity index (χ4v) is 0.872. The lowest BCUT2D eigenvalue weighted by atomic mass is 10.3. The summed E-state index contributed by atoms with van der Waals surface area (Å²) in [5.74, 6) is 1.18. The van der Waals surface area contributed by atoms with E-state index in [1.54, 1.807) is 6.20 Å². The minimum Gasteiger partial charge on any atom is -0.405 e. The summed E-state index contributed by atoms with van der Waals surface area (Å²) in [5, 5.41) is 0. The maximum absolute atomic E-state index is 5.24. The molecule has 48 valence electrons. The first-order chi connectivity index (χ1) is 3.81. The van der Waals surface area contributed by atoms with Gasteiger partial charge in [-0.15, -0.1) is 0 Å². The van der Waals surface area contributed by atoms with E-state index >= 15 is 0 Å². The molecule has 8 heavy (non-hydrogen) atoms. The van der Waals surface area contributed by atoms with Crippen LogP contribution >= 0.6 is 11.8 Å². The summed E-state index contributed by atoms with van der Waals surface area (Å²) in [7, 11) is 0. The molecule has 0 aliphatic carbocycles. The maximum Gasteiger partial charge on any atom is -0.00325 e. The average molecular weight is 131 g/mol. The molecular formula is C6H13NS. The molecule has 0 aromatic carbocycles. The molecule has 0 aliphatic heterocycles. The first-order valence-corrected chi connectivity index (χ1v) is 4.07. The largest absolute Gasteiger partial charge is 0.405 e. The Balaban J connectivity index is 3.12. The van der Waals surface area contributed by atoms with Gasteiger partial charge in [0.05, 0.1) is 0 Å². The Labute approximate surface area is 55.3 Å². The zero-order chi connectivity index (χ0) is 6.41. The van der Waals surface area contributed by atoms with Gasteiger partial charge in [-0.05, 0) is 31.6 Å². The summed E-state index contributed by atoms with van der Waals surface area (Å²) < 4.78 is 0. The Kier molecular flexibility index (Phi) is 4.97. The van der Waals surface area contributed by atoms with Crippen molar-refractivity contribution in [2.24, 2.45) is 5.73 Å². The Hall–Kier alpha value is -0.110. The van der Waals surface area contributed by atoms with Crippen LogP contribution in [0.1, 0.15) is 13.3 Å². The molecule has 0 amide bonds. The first-order valence-electron chi connectivity index (χ1n) is 2.67. The van der Waals surface area contributed by atoms with E-state index in [-0.39, 0.29) is 0 Å². The lowest BCUT2D eigenvalue weighted by Crippen LogP contribution is -1.86. The van der Waals surface area contributed by atoms with Crippen LogP contribution in [0.15, 0.2) is 11.8 Å². The van der Waals surface area contributed by atoms with Crippen molar-refractivity contribution in [3.05, 3.63) is 11.8 Å². The molecule has 0 spiro atoms. The van der Waals surface area contributed by atoms with Crippen molar-refractivity contribution in [2.45, 2.75) is 13.3 Å².